The Hall–Kier alpha value is -2.79. The quantitative estimate of drug-likeness (QED) is 0.598. The molecule has 3 rings (SSSR count). The summed E-state index contributed by atoms with van der Waals surface area (Å²) in [6.45, 7) is -2.86. The zero-order valence-electron chi connectivity index (χ0n) is 16.5. The van der Waals surface area contributed by atoms with Crippen LogP contribution in [0.25, 0.3) is 0 Å². The maximum Gasteiger partial charge on any atom is 0.387 e. The molecule has 164 valence electrons. The Balaban J connectivity index is 1.81. The van der Waals surface area contributed by atoms with E-state index in [2.05, 4.69) is 10.1 Å². The van der Waals surface area contributed by atoms with Gasteiger partial charge >= 0.3 is 6.61 Å². The molecule has 30 heavy (non-hydrogen) atoms. The molecular weight excluding hydrogens is 402 g/mol. The Morgan fingerprint density at radius 1 is 1.37 bits per heavy atom. The first kappa shape index (κ1) is 21.9. The summed E-state index contributed by atoms with van der Waals surface area (Å²) in [5, 5.41) is 2.53. The van der Waals surface area contributed by atoms with Gasteiger partial charge in [-0.2, -0.15) is 8.78 Å². The van der Waals surface area contributed by atoms with Gasteiger partial charge in [-0.3, -0.25) is 19.3 Å². The van der Waals surface area contributed by atoms with Gasteiger partial charge in [0.2, 0.25) is 5.91 Å². The van der Waals surface area contributed by atoms with Crippen molar-refractivity contribution in [3.05, 3.63) is 18.2 Å². The lowest BCUT2D eigenvalue weighted by atomic mass is 9.90. The van der Waals surface area contributed by atoms with Gasteiger partial charge in [-0.25, -0.2) is 0 Å². The molecule has 1 aromatic rings. The van der Waals surface area contributed by atoms with Crippen LogP contribution >= 0.6 is 0 Å². The second-order valence-electron chi connectivity index (χ2n) is 7.20. The molecule has 3 amide bonds. The van der Waals surface area contributed by atoms with Crippen LogP contribution in [0.1, 0.15) is 19.3 Å². The van der Waals surface area contributed by atoms with E-state index < -0.39 is 30.4 Å². The standard InChI is InChI=1S/C19H24F2N4O5/c1-24(12-3-2-4-12)16(17(22)27)18(28)23-11-5-6-13(14(9-11)30-19(20)21)25-7-8-29-10-15(25)26/h5-6,9,12,16,19H,2-4,7-8,10H2,1H3,(H2,22,27)(H,23,28)/t16-/m1/s1. The minimum atomic E-state index is -3.13. The van der Waals surface area contributed by atoms with Crippen molar-refractivity contribution in [2.45, 2.75) is 38.0 Å². The monoisotopic (exact) mass is 426 g/mol. The normalized spacial score (nSPS) is 18.3. The second-order valence-corrected chi connectivity index (χ2v) is 7.20. The number of halogens is 2. The van der Waals surface area contributed by atoms with Crippen molar-refractivity contribution in [2.24, 2.45) is 5.73 Å². The van der Waals surface area contributed by atoms with Crippen LogP contribution in [0.2, 0.25) is 0 Å². The molecule has 0 radical (unpaired) electrons. The summed E-state index contributed by atoms with van der Waals surface area (Å²) in [5.41, 5.74) is 5.69. The highest BCUT2D eigenvalue weighted by atomic mass is 19.3. The van der Waals surface area contributed by atoms with E-state index >= 15 is 0 Å². The van der Waals surface area contributed by atoms with Crippen LogP contribution in [0, 0.1) is 0 Å². The number of amides is 3. The highest BCUT2D eigenvalue weighted by Crippen LogP contribution is 2.34. The van der Waals surface area contributed by atoms with Gasteiger partial charge in [-0.15, -0.1) is 0 Å². The molecule has 1 aliphatic carbocycles. The van der Waals surface area contributed by atoms with Gasteiger partial charge in [0.05, 0.1) is 12.3 Å². The number of rotatable bonds is 8. The van der Waals surface area contributed by atoms with Crippen LogP contribution in [-0.4, -0.2) is 68.1 Å². The van der Waals surface area contributed by atoms with Gasteiger partial charge in [0, 0.05) is 24.3 Å². The zero-order chi connectivity index (χ0) is 21.8. The van der Waals surface area contributed by atoms with Gasteiger partial charge in [0.15, 0.2) is 11.8 Å². The van der Waals surface area contributed by atoms with Gasteiger partial charge in [0.1, 0.15) is 6.61 Å². The van der Waals surface area contributed by atoms with E-state index in [-0.39, 0.29) is 42.9 Å². The lowest BCUT2D eigenvalue weighted by molar-refractivity contribution is -0.133. The third kappa shape index (κ3) is 4.85. The zero-order valence-corrected chi connectivity index (χ0v) is 16.5. The van der Waals surface area contributed by atoms with Crippen molar-refractivity contribution >= 4 is 29.1 Å². The Labute approximate surface area is 172 Å². The van der Waals surface area contributed by atoms with Crippen LogP contribution in [0.5, 0.6) is 5.75 Å². The summed E-state index contributed by atoms with van der Waals surface area (Å²) in [6.07, 6.45) is 2.74. The number of nitrogens with one attached hydrogen (secondary N) is 1. The molecule has 1 heterocycles. The first-order valence-electron chi connectivity index (χ1n) is 9.57. The number of primary amides is 1. The third-order valence-corrected chi connectivity index (χ3v) is 5.30. The maximum atomic E-state index is 12.9. The van der Waals surface area contributed by atoms with E-state index in [9.17, 15) is 23.2 Å². The summed E-state index contributed by atoms with van der Waals surface area (Å²) in [7, 11) is 1.65. The fourth-order valence-corrected chi connectivity index (χ4v) is 3.51. The van der Waals surface area contributed by atoms with Crippen molar-refractivity contribution in [1.82, 2.24) is 4.90 Å². The number of hydrogen-bond acceptors (Lipinski definition) is 6. The van der Waals surface area contributed by atoms with E-state index in [4.69, 9.17) is 10.5 Å². The van der Waals surface area contributed by atoms with Gasteiger partial charge < -0.3 is 25.4 Å². The second kappa shape index (κ2) is 9.35. The molecule has 1 aliphatic heterocycles. The first-order valence-corrected chi connectivity index (χ1v) is 9.57. The first-order chi connectivity index (χ1) is 14.3. The molecule has 1 saturated carbocycles. The average molecular weight is 426 g/mol. The minimum Gasteiger partial charge on any atom is -0.433 e. The molecule has 1 saturated heterocycles. The van der Waals surface area contributed by atoms with E-state index in [1.807, 2.05) is 0 Å². The highest BCUT2D eigenvalue weighted by molar-refractivity contribution is 6.09. The number of morpholine rings is 1. The number of nitrogens with zero attached hydrogens (tertiary/aromatic N) is 2. The number of benzene rings is 1. The number of nitrogens with two attached hydrogens (primary N) is 1. The van der Waals surface area contributed by atoms with Crippen molar-refractivity contribution in [3.63, 3.8) is 0 Å². The molecule has 1 aromatic carbocycles. The molecule has 0 unspecified atom stereocenters. The molecule has 1 atom stereocenters. The summed E-state index contributed by atoms with van der Waals surface area (Å²) in [4.78, 5) is 39.5. The summed E-state index contributed by atoms with van der Waals surface area (Å²) in [5.74, 6) is -2.15. The minimum absolute atomic E-state index is 0.0840. The van der Waals surface area contributed by atoms with Gasteiger partial charge in [0.25, 0.3) is 11.8 Å². The van der Waals surface area contributed by atoms with Gasteiger partial charge in [-0.1, -0.05) is 6.42 Å². The molecule has 0 spiro atoms. The van der Waals surface area contributed by atoms with Crippen LogP contribution < -0.4 is 20.7 Å². The number of likely N-dealkylation sites (N-methyl/N-ethyl adjacent to an activating group) is 1. The predicted octanol–water partition coefficient (Wildman–Crippen LogP) is 0.928. The summed E-state index contributed by atoms with van der Waals surface area (Å²) in [6, 6.07) is 2.90. The van der Waals surface area contributed by atoms with Gasteiger partial charge in [-0.05, 0) is 32.0 Å². The van der Waals surface area contributed by atoms with Crippen molar-refractivity contribution in [2.75, 3.05) is 37.0 Å². The van der Waals surface area contributed by atoms with Crippen LogP contribution in [0.3, 0.4) is 0 Å². The van der Waals surface area contributed by atoms with Crippen LogP contribution in [0.15, 0.2) is 18.2 Å². The lowest BCUT2D eigenvalue weighted by Crippen LogP contribution is -2.55. The lowest BCUT2D eigenvalue weighted by Gasteiger charge is -2.37. The molecule has 0 aromatic heterocycles. The molecule has 9 nitrogen and oxygen atoms in total. The summed E-state index contributed by atoms with van der Waals surface area (Å²) >= 11 is 0. The van der Waals surface area contributed by atoms with Crippen molar-refractivity contribution in [3.8, 4) is 5.75 Å². The fraction of sp³-hybridized carbons (Fsp3) is 0.526. The Morgan fingerprint density at radius 2 is 2.10 bits per heavy atom. The van der Waals surface area contributed by atoms with E-state index in [1.165, 1.54) is 23.1 Å². The van der Waals surface area contributed by atoms with Crippen LogP contribution in [0.4, 0.5) is 20.2 Å². The molecule has 0 bridgehead atoms. The van der Waals surface area contributed by atoms with E-state index in [0.717, 1.165) is 19.3 Å². The number of anilines is 2. The maximum absolute atomic E-state index is 12.9. The smallest absolute Gasteiger partial charge is 0.387 e. The Morgan fingerprint density at radius 3 is 2.67 bits per heavy atom. The number of carbonyl (C=O) groups excluding carboxylic acids is 3. The van der Waals surface area contributed by atoms with Crippen molar-refractivity contribution < 1.29 is 32.6 Å². The predicted molar refractivity (Wildman–Crippen MR) is 103 cm³/mol. The third-order valence-electron chi connectivity index (χ3n) is 5.30. The van der Waals surface area contributed by atoms with Crippen molar-refractivity contribution in [1.29, 1.82) is 0 Å². The molecule has 11 heteroatoms. The number of alkyl halides is 2. The summed E-state index contributed by atoms with van der Waals surface area (Å²) < 4.78 is 35.5. The number of hydrogen-bond donors (Lipinski definition) is 2. The molecule has 3 N–H and O–H groups in total. The Kier molecular flexibility index (Phi) is 6.83. The largest absolute Gasteiger partial charge is 0.433 e. The molecular formula is C19H24F2N4O5. The molecule has 2 fully saturated rings. The van der Waals surface area contributed by atoms with E-state index in [1.54, 1.807) is 11.9 Å². The molecule has 2 aliphatic rings. The Bertz CT molecular complexity index is 818. The number of ether oxygens (including phenoxy) is 2. The average Bonchev–Trinajstić information content (AvgIpc) is 2.60. The number of carbonyl (C=O) groups is 3. The van der Waals surface area contributed by atoms with E-state index in [0.29, 0.717) is 0 Å². The SMILES string of the molecule is CN(C1CCC1)[C@H](C(N)=O)C(=O)Nc1ccc(N2CCOCC2=O)c(OC(F)F)c1. The highest BCUT2D eigenvalue weighted by Gasteiger charge is 2.35. The fourth-order valence-electron chi connectivity index (χ4n) is 3.51. The topological polar surface area (TPSA) is 114 Å². The van der Waals surface area contributed by atoms with Crippen LogP contribution in [-0.2, 0) is 19.1 Å².